The minimum absolute atomic E-state index is 0.0306. The summed E-state index contributed by atoms with van der Waals surface area (Å²) in [4.78, 5) is 38.9. The second-order valence-corrected chi connectivity index (χ2v) is 7.38. The van der Waals surface area contributed by atoms with E-state index in [4.69, 9.17) is 9.26 Å². The lowest BCUT2D eigenvalue weighted by Crippen LogP contribution is -2.49. The third-order valence-corrected chi connectivity index (χ3v) is 5.00. The Hall–Kier alpha value is -3.43. The fraction of sp³-hybridized carbons (Fsp3) is 0.450. The van der Waals surface area contributed by atoms with Crippen molar-refractivity contribution in [2.45, 2.75) is 26.7 Å². The lowest BCUT2D eigenvalue weighted by molar-refractivity contribution is -0.384. The molecule has 0 N–H and O–H groups in total. The van der Waals surface area contributed by atoms with E-state index in [0.29, 0.717) is 37.6 Å². The SMILES string of the molecule is Cc1noc(C(C)C)c1C(=O)OCC(=O)N1CCN(c2ccc([N+](=O)[O-])cc2)CC1. The zero-order valence-corrected chi connectivity index (χ0v) is 17.2. The molecule has 1 aliphatic rings. The topological polar surface area (TPSA) is 119 Å². The number of ether oxygens (including phenoxy) is 1. The molecule has 2 heterocycles. The van der Waals surface area contributed by atoms with Gasteiger partial charge in [0.05, 0.1) is 10.6 Å². The average molecular weight is 416 g/mol. The number of nitro benzene ring substituents is 1. The molecule has 1 aliphatic heterocycles. The first kappa shape index (κ1) is 21.3. The summed E-state index contributed by atoms with van der Waals surface area (Å²) in [6.45, 7) is 7.18. The molecule has 1 aromatic carbocycles. The molecule has 10 heteroatoms. The molecule has 1 fully saturated rings. The van der Waals surface area contributed by atoms with E-state index in [1.54, 1.807) is 24.0 Å². The third kappa shape index (κ3) is 4.58. The van der Waals surface area contributed by atoms with E-state index in [1.165, 1.54) is 12.1 Å². The number of hydrogen-bond acceptors (Lipinski definition) is 8. The first-order valence-corrected chi connectivity index (χ1v) is 9.68. The van der Waals surface area contributed by atoms with Crippen LogP contribution in [0, 0.1) is 17.0 Å². The van der Waals surface area contributed by atoms with Crippen molar-refractivity contribution in [3.63, 3.8) is 0 Å². The molecule has 0 atom stereocenters. The van der Waals surface area contributed by atoms with Crippen LogP contribution in [0.5, 0.6) is 0 Å². The lowest BCUT2D eigenvalue weighted by atomic mass is 10.1. The van der Waals surface area contributed by atoms with Gasteiger partial charge in [-0.15, -0.1) is 0 Å². The molecule has 0 radical (unpaired) electrons. The van der Waals surface area contributed by atoms with Crippen LogP contribution in [-0.2, 0) is 9.53 Å². The third-order valence-electron chi connectivity index (χ3n) is 5.00. The highest BCUT2D eigenvalue weighted by Gasteiger charge is 2.26. The molecule has 1 aromatic heterocycles. The molecule has 0 bridgehead atoms. The summed E-state index contributed by atoms with van der Waals surface area (Å²) < 4.78 is 10.4. The van der Waals surface area contributed by atoms with Gasteiger partial charge in [-0.1, -0.05) is 19.0 Å². The van der Waals surface area contributed by atoms with Crippen LogP contribution < -0.4 is 4.90 Å². The van der Waals surface area contributed by atoms with E-state index in [0.717, 1.165) is 5.69 Å². The van der Waals surface area contributed by atoms with Crippen LogP contribution in [0.3, 0.4) is 0 Å². The Morgan fingerprint density at radius 3 is 2.40 bits per heavy atom. The van der Waals surface area contributed by atoms with Crippen molar-refractivity contribution in [3.05, 3.63) is 51.4 Å². The zero-order chi connectivity index (χ0) is 21.8. The number of nitrogens with zero attached hydrogens (tertiary/aromatic N) is 4. The fourth-order valence-corrected chi connectivity index (χ4v) is 3.32. The maximum atomic E-state index is 12.5. The van der Waals surface area contributed by atoms with Crippen molar-refractivity contribution < 1.29 is 23.8 Å². The quantitative estimate of drug-likeness (QED) is 0.400. The Bertz CT molecular complexity index is 929. The number of aryl methyl sites for hydroxylation is 1. The molecule has 0 unspecified atom stereocenters. The highest BCUT2D eigenvalue weighted by Crippen LogP contribution is 2.23. The summed E-state index contributed by atoms with van der Waals surface area (Å²) in [6.07, 6.45) is 0. The van der Waals surface area contributed by atoms with Gasteiger partial charge in [0.1, 0.15) is 5.56 Å². The zero-order valence-electron chi connectivity index (χ0n) is 17.2. The number of non-ortho nitro benzene ring substituents is 1. The number of carbonyl (C=O) groups is 2. The number of anilines is 1. The van der Waals surface area contributed by atoms with Gasteiger partial charge in [-0.25, -0.2) is 4.79 Å². The molecule has 0 saturated carbocycles. The van der Waals surface area contributed by atoms with Crippen molar-refractivity contribution in [2.24, 2.45) is 0 Å². The largest absolute Gasteiger partial charge is 0.452 e. The second kappa shape index (κ2) is 8.93. The van der Waals surface area contributed by atoms with E-state index >= 15 is 0 Å². The van der Waals surface area contributed by atoms with E-state index in [-0.39, 0.29) is 29.7 Å². The van der Waals surface area contributed by atoms with Crippen molar-refractivity contribution in [2.75, 3.05) is 37.7 Å². The van der Waals surface area contributed by atoms with Gasteiger partial charge < -0.3 is 19.1 Å². The highest BCUT2D eigenvalue weighted by atomic mass is 16.6. The number of hydrogen-bond donors (Lipinski definition) is 0. The first-order chi connectivity index (χ1) is 14.3. The predicted octanol–water partition coefficient (Wildman–Crippen LogP) is 2.52. The van der Waals surface area contributed by atoms with Gasteiger partial charge in [-0.2, -0.15) is 0 Å². The number of amides is 1. The number of carbonyl (C=O) groups excluding carboxylic acids is 2. The molecule has 0 aliphatic carbocycles. The van der Waals surface area contributed by atoms with Crippen LogP contribution >= 0.6 is 0 Å². The van der Waals surface area contributed by atoms with E-state index in [9.17, 15) is 19.7 Å². The Kier molecular flexibility index (Phi) is 6.34. The molecule has 1 amide bonds. The maximum Gasteiger partial charge on any atom is 0.344 e. The second-order valence-electron chi connectivity index (χ2n) is 7.38. The van der Waals surface area contributed by atoms with Crippen molar-refractivity contribution in [1.29, 1.82) is 0 Å². The van der Waals surface area contributed by atoms with Gasteiger partial charge in [0.25, 0.3) is 11.6 Å². The molecule has 0 spiro atoms. The summed E-state index contributed by atoms with van der Waals surface area (Å²) in [5.41, 5.74) is 1.62. The standard InChI is InChI=1S/C20H24N4O6/c1-13(2)19-18(14(3)21-30-19)20(26)29-12-17(25)23-10-8-22(9-11-23)15-4-6-16(7-5-15)24(27)28/h4-7,13H,8-12H2,1-3H3. The molecule has 3 rings (SSSR count). The van der Waals surface area contributed by atoms with E-state index in [2.05, 4.69) is 10.1 Å². The molecule has 10 nitrogen and oxygen atoms in total. The van der Waals surface area contributed by atoms with Gasteiger partial charge in [-0.05, 0) is 19.1 Å². The van der Waals surface area contributed by atoms with Crippen LogP contribution in [-0.4, -0.2) is 59.6 Å². The van der Waals surface area contributed by atoms with Crippen LogP contribution in [0.4, 0.5) is 11.4 Å². The normalized spacial score (nSPS) is 14.1. The molecule has 30 heavy (non-hydrogen) atoms. The Labute approximate surface area is 173 Å². The number of aromatic nitrogens is 1. The minimum Gasteiger partial charge on any atom is -0.452 e. The molecular weight excluding hydrogens is 392 g/mol. The Morgan fingerprint density at radius 2 is 1.83 bits per heavy atom. The van der Waals surface area contributed by atoms with Crippen molar-refractivity contribution in [1.82, 2.24) is 10.1 Å². The van der Waals surface area contributed by atoms with Gasteiger partial charge in [0.15, 0.2) is 12.4 Å². The fourth-order valence-electron chi connectivity index (χ4n) is 3.32. The van der Waals surface area contributed by atoms with Crippen molar-refractivity contribution >= 4 is 23.3 Å². The van der Waals surface area contributed by atoms with Gasteiger partial charge in [0.2, 0.25) is 0 Å². The van der Waals surface area contributed by atoms with E-state index < -0.39 is 10.9 Å². The number of rotatable bonds is 6. The number of esters is 1. The molecule has 160 valence electrons. The van der Waals surface area contributed by atoms with Crippen molar-refractivity contribution in [3.8, 4) is 0 Å². The van der Waals surface area contributed by atoms with Crippen LogP contribution in [0.2, 0.25) is 0 Å². The lowest BCUT2D eigenvalue weighted by Gasteiger charge is -2.36. The average Bonchev–Trinajstić information content (AvgIpc) is 3.14. The maximum absolute atomic E-state index is 12.5. The van der Waals surface area contributed by atoms with Crippen LogP contribution in [0.1, 0.15) is 41.6 Å². The van der Waals surface area contributed by atoms with Gasteiger partial charge >= 0.3 is 5.97 Å². The molecule has 1 saturated heterocycles. The molecule has 2 aromatic rings. The Morgan fingerprint density at radius 1 is 1.20 bits per heavy atom. The van der Waals surface area contributed by atoms with Gasteiger partial charge in [-0.3, -0.25) is 14.9 Å². The van der Waals surface area contributed by atoms with Crippen LogP contribution in [0.25, 0.3) is 0 Å². The first-order valence-electron chi connectivity index (χ1n) is 9.68. The van der Waals surface area contributed by atoms with E-state index in [1.807, 2.05) is 13.8 Å². The summed E-state index contributed by atoms with van der Waals surface area (Å²) in [6, 6.07) is 6.32. The summed E-state index contributed by atoms with van der Waals surface area (Å²) in [5, 5.41) is 14.6. The number of piperazine rings is 1. The number of nitro groups is 1. The predicted molar refractivity (Wildman–Crippen MR) is 108 cm³/mol. The summed E-state index contributed by atoms with van der Waals surface area (Å²) in [7, 11) is 0. The summed E-state index contributed by atoms with van der Waals surface area (Å²) in [5.74, 6) is -0.471. The monoisotopic (exact) mass is 416 g/mol. The minimum atomic E-state index is -0.615. The smallest absolute Gasteiger partial charge is 0.344 e. The number of benzene rings is 1. The Balaban J connectivity index is 1.51. The summed E-state index contributed by atoms with van der Waals surface area (Å²) >= 11 is 0. The van der Waals surface area contributed by atoms with Gasteiger partial charge in [0, 0.05) is 49.9 Å². The molecular formula is C20H24N4O6. The highest BCUT2D eigenvalue weighted by molar-refractivity contribution is 5.93. The van der Waals surface area contributed by atoms with Crippen LogP contribution in [0.15, 0.2) is 28.8 Å².